The van der Waals surface area contributed by atoms with Crippen LogP contribution in [-0.4, -0.2) is 22.9 Å². The molecule has 0 saturated carbocycles. The molecule has 0 heterocycles. The van der Waals surface area contributed by atoms with Gasteiger partial charge in [-0.2, -0.15) is 0 Å². The van der Waals surface area contributed by atoms with E-state index in [1.54, 1.807) is 0 Å². The van der Waals surface area contributed by atoms with Gasteiger partial charge in [0.15, 0.2) is 0 Å². The van der Waals surface area contributed by atoms with Crippen molar-refractivity contribution in [2.45, 2.75) is 19.1 Å². The van der Waals surface area contributed by atoms with Gasteiger partial charge in [0.25, 0.3) is 0 Å². The molecule has 0 aromatic heterocycles. The van der Waals surface area contributed by atoms with Gasteiger partial charge in [0.1, 0.15) is 11.9 Å². The van der Waals surface area contributed by atoms with E-state index in [0.717, 1.165) is 0 Å². The summed E-state index contributed by atoms with van der Waals surface area (Å²) in [4.78, 5) is 2.47. The lowest BCUT2D eigenvalue weighted by Gasteiger charge is -2.18. The summed E-state index contributed by atoms with van der Waals surface area (Å²) in [6, 6.07) is 4.23. The molecular weight excluding hydrogens is 213 g/mol. The molecule has 5 nitrogen and oxygen atoms in total. The molecule has 0 fully saturated rings. The summed E-state index contributed by atoms with van der Waals surface area (Å²) in [5, 5.41) is 22.3. The Morgan fingerprint density at radius 3 is 2.81 bits per heavy atom. The van der Waals surface area contributed by atoms with Crippen LogP contribution in [0.5, 0.6) is 0 Å². The van der Waals surface area contributed by atoms with Crippen molar-refractivity contribution in [3.05, 3.63) is 45.6 Å². The van der Waals surface area contributed by atoms with Crippen molar-refractivity contribution >= 4 is 0 Å². The van der Waals surface area contributed by atoms with Crippen molar-refractivity contribution in [1.29, 1.82) is 0 Å². The van der Waals surface area contributed by atoms with E-state index in [-0.39, 0.29) is 12.1 Å². The van der Waals surface area contributed by atoms with E-state index < -0.39 is 18.0 Å². The van der Waals surface area contributed by atoms with Gasteiger partial charge in [-0.15, -0.1) is 0 Å². The van der Waals surface area contributed by atoms with Gasteiger partial charge in [-0.25, -0.2) is 4.39 Å². The highest BCUT2D eigenvalue weighted by atomic mass is 19.1. The predicted molar refractivity (Wildman–Crippen MR) is 56.1 cm³/mol. The molecule has 1 aromatic carbocycles. The molecule has 0 amide bonds. The van der Waals surface area contributed by atoms with Crippen LogP contribution in [0.3, 0.4) is 0 Å². The van der Waals surface area contributed by atoms with Crippen molar-refractivity contribution < 1.29 is 14.6 Å². The number of rotatable bonds is 4. The van der Waals surface area contributed by atoms with Crippen LogP contribution in [0.15, 0.2) is 23.3 Å². The molecule has 0 spiro atoms. The van der Waals surface area contributed by atoms with Gasteiger partial charge in [0, 0.05) is 4.91 Å². The second kappa shape index (κ2) is 5.46. The largest absolute Gasteiger partial charge is 0.390 e. The molecule has 2 unspecified atom stereocenters. The fourth-order valence-corrected chi connectivity index (χ4v) is 1.37. The van der Waals surface area contributed by atoms with Crippen molar-refractivity contribution in [3.63, 3.8) is 0 Å². The third-order valence-electron chi connectivity index (χ3n) is 2.32. The highest BCUT2D eigenvalue weighted by Gasteiger charge is 2.20. The molecule has 16 heavy (non-hydrogen) atoms. The lowest BCUT2D eigenvalue weighted by molar-refractivity contribution is 0.0238. The Kier molecular flexibility index (Phi) is 4.25. The van der Waals surface area contributed by atoms with Gasteiger partial charge < -0.3 is 10.2 Å². The van der Waals surface area contributed by atoms with E-state index >= 15 is 0 Å². The Labute approximate surface area is 91.8 Å². The normalized spacial score (nSPS) is 14.0. The molecule has 2 N–H and O–H groups in total. The Morgan fingerprint density at radius 2 is 2.19 bits per heavy atom. The van der Waals surface area contributed by atoms with Crippen LogP contribution < -0.4 is 0 Å². The molecular formula is C10H12FN3O2. The summed E-state index contributed by atoms with van der Waals surface area (Å²) in [5.41, 5.74) is 8.64. The number of aliphatic hydroxyl groups is 2. The van der Waals surface area contributed by atoms with Crippen LogP contribution in [0.2, 0.25) is 0 Å². The van der Waals surface area contributed by atoms with Crippen molar-refractivity contribution in [2.75, 3.05) is 6.54 Å². The monoisotopic (exact) mass is 225 g/mol. The highest BCUT2D eigenvalue weighted by Crippen LogP contribution is 2.22. The summed E-state index contributed by atoms with van der Waals surface area (Å²) in [6.45, 7) is 1.25. The van der Waals surface area contributed by atoms with Gasteiger partial charge in [0.2, 0.25) is 0 Å². The highest BCUT2D eigenvalue weighted by molar-refractivity contribution is 5.29. The van der Waals surface area contributed by atoms with E-state index in [9.17, 15) is 14.6 Å². The zero-order valence-corrected chi connectivity index (χ0v) is 8.71. The van der Waals surface area contributed by atoms with E-state index in [2.05, 4.69) is 10.0 Å². The van der Waals surface area contributed by atoms with Crippen LogP contribution in [0.4, 0.5) is 4.39 Å². The predicted octanol–water partition coefficient (Wildman–Crippen LogP) is 1.84. The van der Waals surface area contributed by atoms with Crippen LogP contribution in [-0.2, 0) is 0 Å². The first-order valence-electron chi connectivity index (χ1n) is 4.70. The number of nitrogens with zero attached hydrogens (tertiary/aromatic N) is 3. The van der Waals surface area contributed by atoms with Crippen molar-refractivity contribution in [3.8, 4) is 0 Å². The molecule has 2 atom stereocenters. The number of hydrogen-bond donors (Lipinski definition) is 2. The first-order chi connectivity index (χ1) is 7.57. The lowest BCUT2D eigenvalue weighted by atomic mass is 9.99. The molecule has 1 aromatic rings. The number of halogens is 1. The Bertz CT molecular complexity index is 419. The zero-order valence-electron chi connectivity index (χ0n) is 8.71. The summed E-state index contributed by atoms with van der Waals surface area (Å²) in [6.07, 6.45) is -2.50. The molecule has 0 aliphatic heterocycles. The first kappa shape index (κ1) is 12.4. The minimum Gasteiger partial charge on any atom is -0.390 e. The molecule has 0 bridgehead atoms. The maximum Gasteiger partial charge on any atom is 0.126 e. The number of azide groups is 1. The third-order valence-corrected chi connectivity index (χ3v) is 2.32. The second-order valence-corrected chi connectivity index (χ2v) is 3.38. The minimum atomic E-state index is -1.26. The van der Waals surface area contributed by atoms with Gasteiger partial charge in [-0.05, 0) is 29.6 Å². The van der Waals surface area contributed by atoms with E-state index in [1.165, 1.54) is 25.1 Å². The summed E-state index contributed by atoms with van der Waals surface area (Å²) in [7, 11) is 0. The average molecular weight is 225 g/mol. The maximum atomic E-state index is 13.2. The van der Waals surface area contributed by atoms with Gasteiger partial charge in [-0.1, -0.05) is 17.2 Å². The lowest BCUT2D eigenvalue weighted by Crippen LogP contribution is -2.22. The third kappa shape index (κ3) is 2.70. The first-order valence-corrected chi connectivity index (χ1v) is 4.70. The summed E-state index contributed by atoms with van der Waals surface area (Å²) in [5.74, 6) is -0.451. The Morgan fingerprint density at radius 1 is 1.50 bits per heavy atom. The standard InChI is InChI=1S/C10H12FN3O2/c1-6-7(3-2-4-8(6)11)10(16)9(15)5-13-14-12/h2-4,9-10,15-16H,5H2,1H3. The second-order valence-electron chi connectivity index (χ2n) is 3.38. The summed E-state index contributed by atoms with van der Waals surface area (Å²) < 4.78 is 13.2. The van der Waals surface area contributed by atoms with Crippen LogP contribution in [0.25, 0.3) is 10.4 Å². The van der Waals surface area contributed by atoms with Crippen LogP contribution >= 0.6 is 0 Å². The average Bonchev–Trinajstić information content (AvgIpc) is 2.28. The van der Waals surface area contributed by atoms with E-state index in [1.807, 2.05) is 0 Å². The maximum absolute atomic E-state index is 13.2. The SMILES string of the molecule is Cc1c(F)cccc1C(O)C(O)CN=[N+]=[N-]. The topological polar surface area (TPSA) is 89.2 Å². The number of aliphatic hydroxyl groups excluding tert-OH is 2. The molecule has 86 valence electrons. The zero-order chi connectivity index (χ0) is 12.1. The molecule has 6 heteroatoms. The molecule has 0 saturated heterocycles. The molecule has 1 rings (SSSR count). The van der Waals surface area contributed by atoms with Gasteiger partial charge in [0.05, 0.1) is 12.6 Å². The van der Waals surface area contributed by atoms with Gasteiger partial charge >= 0.3 is 0 Å². The molecule has 0 aliphatic carbocycles. The fourth-order valence-electron chi connectivity index (χ4n) is 1.37. The van der Waals surface area contributed by atoms with Crippen molar-refractivity contribution in [2.24, 2.45) is 5.11 Å². The minimum absolute atomic E-state index is 0.256. The van der Waals surface area contributed by atoms with E-state index in [0.29, 0.717) is 5.56 Å². The fraction of sp³-hybridized carbons (Fsp3) is 0.400. The van der Waals surface area contributed by atoms with Crippen LogP contribution in [0.1, 0.15) is 17.2 Å². The van der Waals surface area contributed by atoms with Crippen LogP contribution in [0, 0.1) is 12.7 Å². The molecule has 0 radical (unpaired) electrons. The Hall–Kier alpha value is -1.62. The summed E-state index contributed by atoms with van der Waals surface area (Å²) >= 11 is 0. The number of benzene rings is 1. The smallest absolute Gasteiger partial charge is 0.126 e. The Balaban J connectivity index is 2.91. The van der Waals surface area contributed by atoms with Crippen molar-refractivity contribution in [1.82, 2.24) is 0 Å². The quantitative estimate of drug-likeness (QED) is 0.465. The van der Waals surface area contributed by atoms with Gasteiger partial charge in [-0.3, -0.25) is 0 Å². The number of hydrogen-bond acceptors (Lipinski definition) is 3. The van der Waals surface area contributed by atoms with E-state index in [4.69, 9.17) is 5.53 Å². The molecule has 0 aliphatic rings.